The van der Waals surface area contributed by atoms with Gasteiger partial charge in [0.25, 0.3) is 0 Å². The van der Waals surface area contributed by atoms with E-state index in [1.165, 1.54) is 47.9 Å². The Bertz CT molecular complexity index is 1180. The predicted octanol–water partition coefficient (Wildman–Crippen LogP) is 5.03. The summed E-state index contributed by atoms with van der Waals surface area (Å²) < 4.78 is 64.5. The summed E-state index contributed by atoms with van der Waals surface area (Å²) in [7, 11) is 2.63. The molecule has 13 heteroatoms. The standard InChI is InChI=1S/C6H7P.3C6H5.C5H10.8CO.2Fe.Mn.Sb/c7-6-4-2-1-3-5-6;3*1-2-4-6-5-3-1;1-2-4-5-3-1;8*1-2;;;;/h1-5H,7H2;3*1-5H;1-5H2;;;;;;;;;;;;. The van der Waals surface area contributed by atoms with Crippen LogP contribution in [0.1, 0.15) is 32.1 Å². The molecule has 0 aliphatic heterocycles. The third kappa shape index (κ3) is 41.8. The summed E-state index contributed by atoms with van der Waals surface area (Å²) in [6, 6.07) is 43.0. The summed E-state index contributed by atoms with van der Waals surface area (Å²) in [5, 5.41) is 1.24. The number of benzene rings is 4. The Labute approximate surface area is 337 Å². The molecule has 0 amide bonds. The topological polar surface area (TPSA) is 159 Å². The van der Waals surface area contributed by atoms with E-state index in [0.717, 1.165) is 0 Å². The van der Waals surface area contributed by atoms with Crippen LogP contribution in [0.25, 0.3) is 0 Å². The van der Waals surface area contributed by atoms with Gasteiger partial charge < -0.3 is 0 Å². The van der Waals surface area contributed by atoms with Gasteiger partial charge in [-0.15, -0.1) is 9.24 Å². The van der Waals surface area contributed by atoms with Gasteiger partial charge in [0.1, 0.15) is 0 Å². The molecule has 1 saturated carbocycles. The Morgan fingerprint density at radius 1 is 0.340 bits per heavy atom. The van der Waals surface area contributed by atoms with E-state index in [1.54, 1.807) is 0 Å². The number of hydrogen-bond donors (Lipinski definition) is 0. The monoisotopic (exact) mass is 923 g/mol. The van der Waals surface area contributed by atoms with E-state index < -0.39 is 20.2 Å². The molecule has 1 atom stereocenters. The van der Waals surface area contributed by atoms with Crippen LogP contribution in [0.3, 0.4) is 0 Å². The predicted molar refractivity (Wildman–Crippen MR) is 174 cm³/mol. The van der Waals surface area contributed by atoms with Gasteiger partial charge in [-0.25, -0.2) is 0 Å². The Balaban J connectivity index is -0.0000000655. The van der Waals surface area contributed by atoms with Gasteiger partial charge in [-0.1, -0.05) is 62.4 Å². The molecule has 0 saturated heterocycles. The molecule has 0 heterocycles. The van der Waals surface area contributed by atoms with Crippen LogP contribution in [0, 0.1) is 53.2 Å². The van der Waals surface area contributed by atoms with Crippen molar-refractivity contribution in [2.75, 3.05) is 0 Å². The minimum atomic E-state index is -1.83. The van der Waals surface area contributed by atoms with E-state index in [0.29, 0.717) is 0 Å². The van der Waals surface area contributed by atoms with Crippen molar-refractivity contribution in [3.05, 3.63) is 175 Å². The molecule has 261 valence electrons. The Morgan fingerprint density at radius 3 is 0.640 bits per heavy atom. The van der Waals surface area contributed by atoms with Crippen LogP contribution in [-0.4, -0.2) is 20.2 Å². The first-order valence-electron chi connectivity index (χ1n) is 12.7. The molecule has 1 unspecified atom stereocenters. The average molecular weight is 924 g/mol. The van der Waals surface area contributed by atoms with Crippen LogP contribution >= 0.6 is 9.24 Å². The third-order valence-electron chi connectivity index (χ3n) is 5.09. The molecule has 1 fully saturated rings. The van der Waals surface area contributed by atoms with Gasteiger partial charge in [-0.05, 0) is 5.30 Å². The quantitative estimate of drug-likeness (QED) is 0.117. The Morgan fingerprint density at radius 2 is 0.500 bits per heavy atom. The molecule has 4 aromatic carbocycles. The first-order valence-corrected chi connectivity index (χ1v) is 17.1. The fourth-order valence-corrected chi connectivity index (χ4v) is 10.3. The molecule has 0 aromatic heterocycles. The van der Waals surface area contributed by atoms with Gasteiger partial charge in [0.05, 0.1) is 0 Å². The van der Waals surface area contributed by atoms with Crippen LogP contribution in [-0.2, 0) is 88.4 Å². The molecule has 0 N–H and O–H groups in total. The zero-order valence-electron chi connectivity index (χ0n) is 26.5. The van der Waals surface area contributed by atoms with Gasteiger partial charge in [0.2, 0.25) is 0 Å². The summed E-state index contributed by atoms with van der Waals surface area (Å²) in [5.74, 6) is 0. The van der Waals surface area contributed by atoms with Gasteiger partial charge >= 0.3 is 212 Å². The van der Waals surface area contributed by atoms with Crippen molar-refractivity contribution in [3.8, 4) is 0 Å². The van der Waals surface area contributed by atoms with E-state index in [4.69, 9.17) is 37.2 Å². The van der Waals surface area contributed by atoms with Gasteiger partial charge in [-0.3, -0.25) is 0 Å². The molecule has 50 heavy (non-hydrogen) atoms. The van der Waals surface area contributed by atoms with E-state index in [2.05, 4.69) is 153 Å². The van der Waals surface area contributed by atoms with Gasteiger partial charge in [0, 0.05) is 51.2 Å². The van der Waals surface area contributed by atoms with Crippen molar-refractivity contribution in [1.29, 1.82) is 0 Å². The average Bonchev–Trinajstić information content (AvgIpc) is 3.81. The van der Waals surface area contributed by atoms with E-state index in [9.17, 15) is 0 Å². The maximum absolute atomic E-state index is 7.50. The summed E-state index contributed by atoms with van der Waals surface area (Å²) in [4.78, 5) is 0. The second-order valence-electron chi connectivity index (χ2n) is 7.52. The summed E-state index contributed by atoms with van der Waals surface area (Å²) in [5.41, 5.74) is 0. The minimum absolute atomic E-state index is 0. The number of hydrogen-bond acceptors (Lipinski definition) is 0. The normalized spacial score (nSPS) is 7.96. The van der Waals surface area contributed by atoms with Gasteiger partial charge in [0.15, 0.2) is 0 Å². The van der Waals surface area contributed by atoms with Crippen LogP contribution < -0.4 is 15.8 Å². The summed E-state index contributed by atoms with van der Waals surface area (Å²) >= 11 is -1.83. The van der Waals surface area contributed by atoms with Crippen LogP contribution in [0.5, 0.6) is 0 Å². The van der Waals surface area contributed by atoms with Gasteiger partial charge in [-0.2, -0.15) is 0 Å². The SMILES string of the molecule is C1CCCC1.Pc1ccccc1.[C-]#[O+].[C-]#[O+].[C-]#[O+].[C-]#[O+].[C-]#[O+].[C-]#[O+].[C-]#[O+].[C-]#[O+].[Fe].[Fe].[Mn].c1cc[c]([Sb]([c]2ccccc2)[c]2ccccc2)cc1. The molecule has 8 nitrogen and oxygen atoms in total. The molecule has 5 rings (SSSR count). The molecule has 0 spiro atoms. The first kappa shape index (κ1) is 69.4. The molecule has 4 aromatic rings. The van der Waals surface area contributed by atoms with E-state index >= 15 is 0 Å². The first-order chi connectivity index (χ1) is 23.3. The van der Waals surface area contributed by atoms with E-state index in [-0.39, 0.29) is 51.2 Å². The maximum atomic E-state index is 7.50. The van der Waals surface area contributed by atoms with E-state index in [1.807, 2.05) is 30.3 Å². The molecule has 1 aliphatic rings. The van der Waals surface area contributed by atoms with Crippen LogP contribution in [0.4, 0.5) is 0 Å². The van der Waals surface area contributed by atoms with Crippen molar-refractivity contribution in [3.63, 3.8) is 0 Å². The molecule has 1 radical (unpaired) electrons. The fourth-order valence-electron chi connectivity index (χ4n) is 3.52. The van der Waals surface area contributed by atoms with Crippen molar-refractivity contribution in [2.24, 2.45) is 0 Å². The zero-order chi connectivity index (χ0) is 37.6. The van der Waals surface area contributed by atoms with Crippen molar-refractivity contribution in [1.82, 2.24) is 0 Å². The van der Waals surface area contributed by atoms with Crippen LogP contribution in [0.2, 0.25) is 0 Å². The zero-order valence-corrected chi connectivity index (χ0v) is 33.6. The van der Waals surface area contributed by atoms with Crippen molar-refractivity contribution < 1.29 is 88.4 Å². The molecule has 0 bridgehead atoms. The second-order valence-corrected chi connectivity index (χ2v) is 14.5. The Kier molecular flexibility index (Phi) is 95.1. The van der Waals surface area contributed by atoms with Crippen molar-refractivity contribution >= 4 is 45.3 Å². The summed E-state index contributed by atoms with van der Waals surface area (Å²) in [6.45, 7) is 36.0. The molecular weight excluding hydrogens is 892 g/mol. The third-order valence-corrected chi connectivity index (χ3v) is 12.5. The molecule has 1 aliphatic carbocycles. The molecular formula is C37H32Fe2MnO8PSb. The second kappa shape index (κ2) is 68.5. The van der Waals surface area contributed by atoms with Crippen LogP contribution in [0.15, 0.2) is 121 Å². The Hall–Kier alpha value is -2.39. The fraction of sp³-hybridized carbons (Fsp3) is 0.135. The summed E-state index contributed by atoms with van der Waals surface area (Å²) in [6.07, 6.45) is 7.50. The van der Waals surface area contributed by atoms with Crippen molar-refractivity contribution in [2.45, 2.75) is 32.1 Å². The number of rotatable bonds is 3.